The SMILES string of the molecule is COC(=O)c1coc(CN2CCNCC2c2ccncc2)c1. The normalized spacial score (nSPS) is 19.0. The number of carbonyl (C=O) groups is 1. The van der Waals surface area contributed by atoms with Crippen molar-refractivity contribution in [3.8, 4) is 0 Å². The number of piperazine rings is 1. The second-order valence-corrected chi connectivity index (χ2v) is 5.26. The fourth-order valence-corrected chi connectivity index (χ4v) is 2.74. The molecule has 1 atom stereocenters. The number of nitrogens with zero attached hydrogens (tertiary/aromatic N) is 2. The molecule has 6 heteroatoms. The highest BCUT2D eigenvalue weighted by molar-refractivity contribution is 5.88. The van der Waals surface area contributed by atoms with Crippen molar-refractivity contribution in [2.45, 2.75) is 12.6 Å². The van der Waals surface area contributed by atoms with Crippen LogP contribution in [0.25, 0.3) is 0 Å². The molecular weight excluding hydrogens is 282 g/mol. The van der Waals surface area contributed by atoms with E-state index in [0.29, 0.717) is 12.1 Å². The first-order valence-electron chi connectivity index (χ1n) is 7.28. The molecule has 2 aromatic heterocycles. The summed E-state index contributed by atoms with van der Waals surface area (Å²) in [6.45, 7) is 3.40. The van der Waals surface area contributed by atoms with Gasteiger partial charge in [0.05, 0.1) is 19.2 Å². The molecule has 0 saturated carbocycles. The molecule has 116 valence electrons. The molecule has 0 spiro atoms. The summed E-state index contributed by atoms with van der Waals surface area (Å²) in [5.41, 5.74) is 1.68. The predicted octanol–water partition coefficient (Wildman–Crippen LogP) is 1.61. The van der Waals surface area contributed by atoms with Crippen molar-refractivity contribution >= 4 is 5.97 Å². The lowest BCUT2D eigenvalue weighted by molar-refractivity contribution is 0.0600. The Morgan fingerprint density at radius 2 is 2.32 bits per heavy atom. The van der Waals surface area contributed by atoms with E-state index >= 15 is 0 Å². The molecule has 2 aromatic rings. The van der Waals surface area contributed by atoms with Gasteiger partial charge in [-0.3, -0.25) is 9.88 Å². The highest BCUT2D eigenvalue weighted by Crippen LogP contribution is 2.24. The lowest BCUT2D eigenvalue weighted by Gasteiger charge is -2.35. The van der Waals surface area contributed by atoms with Crippen LogP contribution in [0.1, 0.15) is 27.7 Å². The van der Waals surface area contributed by atoms with E-state index in [4.69, 9.17) is 9.15 Å². The molecule has 6 nitrogen and oxygen atoms in total. The zero-order chi connectivity index (χ0) is 15.4. The number of rotatable bonds is 4. The number of aromatic nitrogens is 1. The van der Waals surface area contributed by atoms with Crippen molar-refractivity contribution in [3.05, 3.63) is 53.7 Å². The van der Waals surface area contributed by atoms with E-state index < -0.39 is 0 Å². The molecule has 22 heavy (non-hydrogen) atoms. The number of ether oxygens (including phenoxy) is 1. The summed E-state index contributed by atoms with van der Waals surface area (Å²) in [5.74, 6) is 0.391. The van der Waals surface area contributed by atoms with Gasteiger partial charge in [0.25, 0.3) is 0 Å². The fraction of sp³-hybridized carbons (Fsp3) is 0.375. The van der Waals surface area contributed by atoms with Gasteiger partial charge in [0, 0.05) is 38.1 Å². The molecule has 1 N–H and O–H groups in total. The molecular formula is C16H19N3O3. The average Bonchev–Trinajstić information content (AvgIpc) is 3.04. The Hall–Kier alpha value is -2.18. The zero-order valence-corrected chi connectivity index (χ0v) is 12.5. The van der Waals surface area contributed by atoms with Crippen LogP contribution in [0.5, 0.6) is 0 Å². The quantitative estimate of drug-likeness (QED) is 0.865. The van der Waals surface area contributed by atoms with E-state index in [1.807, 2.05) is 24.5 Å². The van der Waals surface area contributed by atoms with E-state index in [1.165, 1.54) is 18.9 Å². The maximum absolute atomic E-state index is 11.5. The fourth-order valence-electron chi connectivity index (χ4n) is 2.74. The summed E-state index contributed by atoms with van der Waals surface area (Å²) in [7, 11) is 1.37. The second kappa shape index (κ2) is 6.72. The highest BCUT2D eigenvalue weighted by Gasteiger charge is 2.25. The summed E-state index contributed by atoms with van der Waals surface area (Å²) >= 11 is 0. The number of furan rings is 1. The van der Waals surface area contributed by atoms with Crippen LogP contribution in [0.2, 0.25) is 0 Å². The van der Waals surface area contributed by atoms with Gasteiger partial charge < -0.3 is 14.5 Å². The van der Waals surface area contributed by atoms with E-state index in [1.54, 1.807) is 6.07 Å². The minimum absolute atomic E-state index is 0.267. The van der Waals surface area contributed by atoms with Crippen LogP contribution >= 0.6 is 0 Å². The van der Waals surface area contributed by atoms with Crippen molar-refractivity contribution in [2.75, 3.05) is 26.7 Å². The van der Waals surface area contributed by atoms with E-state index in [2.05, 4.69) is 15.2 Å². The number of hydrogen-bond donors (Lipinski definition) is 1. The molecule has 1 aliphatic heterocycles. The van der Waals surface area contributed by atoms with Crippen molar-refractivity contribution < 1.29 is 13.9 Å². The van der Waals surface area contributed by atoms with Gasteiger partial charge in [-0.25, -0.2) is 4.79 Å². The van der Waals surface area contributed by atoms with Crippen molar-refractivity contribution in [1.82, 2.24) is 15.2 Å². The molecule has 1 saturated heterocycles. The van der Waals surface area contributed by atoms with Crippen LogP contribution < -0.4 is 5.32 Å². The third-order valence-corrected chi connectivity index (χ3v) is 3.88. The lowest BCUT2D eigenvalue weighted by Crippen LogP contribution is -2.45. The lowest BCUT2D eigenvalue weighted by atomic mass is 10.0. The molecule has 3 heterocycles. The maximum atomic E-state index is 11.5. The second-order valence-electron chi connectivity index (χ2n) is 5.26. The number of pyridine rings is 1. The highest BCUT2D eigenvalue weighted by atomic mass is 16.5. The molecule has 0 aromatic carbocycles. The first-order valence-corrected chi connectivity index (χ1v) is 7.28. The van der Waals surface area contributed by atoms with Crippen LogP contribution in [0, 0.1) is 0 Å². The smallest absolute Gasteiger partial charge is 0.341 e. The van der Waals surface area contributed by atoms with Crippen LogP contribution in [0.3, 0.4) is 0 Å². The van der Waals surface area contributed by atoms with Crippen LogP contribution in [-0.4, -0.2) is 42.6 Å². The predicted molar refractivity (Wildman–Crippen MR) is 80.3 cm³/mol. The largest absolute Gasteiger partial charge is 0.467 e. The molecule has 3 rings (SSSR count). The van der Waals surface area contributed by atoms with Gasteiger partial charge >= 0.3 is 5.97 Å². The van der Waals surface area contributed by atoms with E-state index in [9.17, 15) is 4.79 Å². The Balaban J connectivity index is 1.74. The minimum Gasteiger partial charge on any atom is -0.467 e. The van der Waals surface area contributed by atoms with Crippen molar-refractivity contribution in [3.63, 3.8) is 0 Å². The van der Waals surface area contributed by atoms with Crippen LogP contribution in [0.4, 0.5) is 0 Å². The minimum atomic E-state index is -0.374. The summed E-state index contributed by atoms with van der Waals surface area (Å²) in [4.78, 5) is 17.9. The van der Waals surface area contributed by atoms with Gasteiger partial charge in [0.15, 0.2) is 0 Å². The summed E-state index contributed by atoms with van der Waals surface area (Å²) in [5, 5.41) is 3.41. The Bertz CT molecular complexity index is 627. The van der Waals surface area contributed by atoms with E-state index in [-0.39, 0.29) is 12.0 Å². The van der Waals surface area contributed by atoms with Gasteiger partial charge in [0.2, 0.25) is 0 Å². The number of carbonyl (C=O) groups excluding carboxylic acids is 1. The van der Waals surface area contributed by atoms with Crippen molar-refractivity contribution in [1.29, 1.82) is 0 Å². The van der Waals surface area contributed by atoms with Gasteiger partial charge in [-0.15, -0.1) is 0 Å². The van der Waals surface area contributed by atoms with Crippen LogP contribution in [0.15, 0.2) is 41.3 Å². The van der Waals surface area contributed by atoms with Gasteiger partial charge in [0.1, 0.15) is 12.0 Å². The van der Waals surface area contributed by atoms with Crippen LogP contribution in [-0.2, 0) is 11.3 Å². The zero-order valence-electron chi connectivity index (χ0n) is 12.5. The number of nitrogens with one attached hydrogen (secondary N) is 1. The van der Waals surface area contributed by atoms with Gasteiger partial charge in [-0.2, -0.15) is 0 Å². The Kier molecular flexibility index (Phi) is 4.50. The molecule has 0 bridgehead atoms. The van der Waals surface area contributed by atoms with Gasteiger partial charge in [-0.1, -0.05) is 0 Å². The maximum Gasteiger partial charge on any atom is 0.341 e. The van der Waals surface area contributed by atoms with E-state index in [0.717, 1.165) is 25.4 Å². The molecule has 1 fully saturated rings. The number of esters is 1. The molecule has 1 unspecified atom stereocenters. The Labute approximate surface area is 129 Å². The topological polar surface area (TPSA) is 67.6 Å². The monoisotopic (exact) mass is 301 g/mol. The van der Waals surface area contributed by atoms with Crippen molar-refractivity contribution in [2.24, 2.45) is 0 Å². The first kappa shape index (κ1) is 14.7. The Morgan fingerprint density at radius 1 is 1.50 bits per heavy atom. The number of hydrogen-bond acceptors (Lipinski definition) is 6. The summed E-state index contributed by atoms with van der Waals surface area (Å²) < 4.78 is 10.2. The van der Waals surface area contributed by atoms with Gasteiger partial charge in [-0.05, 0) is 23.8 Å². The average molecular weight is 301 g/mol. The summed E-state index contributed by atoms with van der Waals surface area (Å²) in [6.07, 6.45) is 5.07. The first-order chi connectivity index (χ1) is 10.8. The third-order valence-electron chi connectivity index (χ3n) is 3.88. The third kappa shape index (κ3) is 3.18. The molecule has 0 aliphatic carbocycles. The Morgan fingerprint density at radius 3 is 3.09 bits per heavy atom. The molecule has 0 radical (unpaired) electrons. The summed E-state index contributed by atoms with van der Waals surface area (Å²) in [6, 6.07) is 6.08. The molecule has 1 aliphatic rings. The number of methoxy groups -OCH3 is 1. The molecule has 0 amide bonds. The standard InChI is InChI=1S/C16H19N3O3/c1-21-16(20)13-8-14(22-11-13)10-19-7-6-18-9-15(19)12-2-4-17-5-3-12/h2-5,8,11,15,18H,6-7,9-10H2,1H3.